The van der Waals surface area contributed by atoms with E-state index in [2.05, 4.69) is 27.9 Å². The summed E-state index contributed by atoms with van der Waals surface area (Å²) in [6, 6.07) is 0.535. The molecule has 2 aliphatic heterocycles. The maximum Gasteiger partial charge on any atom is 0.227 e. The minimum atomic E-state index is 0.0746. The third-order valence-corrected chi connectivity index (χ3v) is 3.81. The van der Waals surface area contributed by atoms with Crippen LogP contribution in [0.25, 0.3) is 0 Å². The van der Waals surface area contributed by atoms with Crippen LogP contribution in [0.4, 0.5) is 0 Å². The van der Waals surface area contributed by atoms with Gasteiger partial charge in [-0.25, -0.2) is 0 Å². The van der Waals surface area contributed by atoms with Crippen LogP contribution in [-0.2, 0) is 4.79 Å². The zero-order valence-corrected chi connectivity index (χ0v) is 7.14. The topological polar surface area (TPSA) is 29.1 Å². The molecule has 3 heteroatoms. The minimum absolute atomic E-state index is 0.0746. The SMILES string of the molecule is O=C1NC2CC1(CI)C2. The number of halogens is 1. The van der Waals surface area contributed by atoms with Gasteiger partial charge in [0.25, 0.3) is 0 Å². The Morgan fingerprint density at radius 2 is 2.44 bits per heavy atom. The molecule has 2 saturated heterocycles. The maximum absolute atomic E-state index is 11.1. The van der Waals surface area contributed by atoms with Crippen molar-refractivity contribution in [3.05, 3.63) is 0 Å². The predicted molar refractivity (Wildman–Crippen MR) is 42.5 cm³/mol. The van der Waals surface area contributed by atoms with E-state index in [0.717, 1.165) is 17.3 Å². The molecule has 0 aromatic carbocycles. The molecule has 1 aliphatic carbocycles. The van der Waals surface area contributed by atoms with Crippen LogP contribution in [0.1, 0.15) is 12.8 Å². The third-order valence-electron chi connectivity index (χ3n) is 2.35. The summed E-state index contributed by atoms with van der Waals surface area (Å²) < 4.78 is 0.993. The lowest BCUT2D eigenvalue weighted by Crippen LogP contribution is -2.36. The van der Waals surface area contributed by atoms with Crippen molar-refractivity contribution in [3.63, 3.8) is 0 Å². The number of nitrogens with one attached hydrogen (secondary N) is 1. The van der Waals surface area contributed by atoms with Crippen molar-refractivity contribution in [2.24, 2.45) is 5.41 Å². The fourth-order valence-corrected chi connectivity index (χ4v) is 2.65. The van der Waals surface area contributed by atoms with Gasteiger partial charge in [0, 0.05) is 10.5 Å². The van der Waals surface area contributed by atoms with Gasteiger partial charge in [-0.1, -0.05) is 22.6 Å². The summed E-state index contributed by atoms with van der Waals surface area (Å²) >= 11 is 2.30. The van der Waals surface area contributed by atoms with Gasteiger partial charge in [0.05, 0.1) is 5.41 Å². The number of carbonyl (C=O) groups is 1. The molecule has 3 rings (SSSR count). The Morgan fingerprint density at radius 3 is 2.67 bits per heavy atom. The summed E-state index contributed by atoms with van der Waals surface area (Å²) in [5, 5.41) is 2.94. The summed E-state index contributed by atoms with van der Waals surface area (Å²) in [5.74, 6) is 0.293. The molecule has 0 radical (unpaired) electrons. The van der Waals surface area contributed by atoms with Gasteiger partial charge in [-0.05, 0) is 12.8 Å². The van der Waals surface area contributed by atoms with Gasteiger partial charge < -0.3 is 5.32 Å². The first-order chi connectivity index (χ1) is 4.27. The monoisotopic (exact) mass is 237 g/mol. The van der Waals surface area contributed by atoms with E-state index < -0.39 is 0 Å². The molecule has 1 N–H and O–H groups in total. The van der Waals surface area contributed by atoms with Crippen molar-refractivity contribution in [2.45, 2.75) is 18.9 Å². The second kappa shape index (κ2) is 1.62. The van der Waals surface area contributed by atoms with Gasteiger partial charge in [-0.15, -0.1) is 0 Å². The van der Waals surface area contributed by atoms with Gasteiger partial charge in [0.15, 0.2) is 0 Å². The molecule has 2 bridgehead atoms. The van der Waals surface area contributed by atoms with Crippen LogP contribution in [0.5, 0.6) is 0 Å². The lowest BCUT2D eigenvalue weighted by Gasteiger charge is -2.31. The van der Waals surface area contributed by atoms with E-state index in [4.69, 9.17) is 0 Å². The van der Waals surface area contributed by atoms with Crippen LogP contribution in [0.3, 0.4) is 0 Å². The second-order valence-electron chi connectivity index (χ2n) is 2.99. The Bertz CT molecular complexity index is 162. The quantitative estimate of drug-likeness (QED) is 0.527. The first kappa shape index (κ1) is 5.95. The minimum Gasteiger partial charge on any atom is -0.353 e. The van der Waals surface area contributed by atoms with Gasteiger partial charge >= 0.3 is 0 Å². The van der Waals surface area contributed by atoms with E-state index in [9.17, 15) is 4.79 Å². The fourth-order valence-electron chi connectivity index (χ4n) is 1.68. The summed E-state index contributed by atoms with van der Waals surface area (Å²) in [5.41, 5.74) is 0.0746. The van der Waals surface area contributed by atoms with Crippen molar-refractivity contribution in [1.29, 1.82) is 0 Å². The van der Waals surface area contributed by atoms with Crippen molar-refractivity contribution in [1.82, 2.24) is 5.32 Å². The van der Waals surface area contributed by atoms with E-state index >= 15 is 0 Å². The summed E-state index contributed by atoms with van der Waals surface area (Å²) in [6.07, 6.45) is 2.18. The fraction of sp³-hybridized carbons (Fsp3) is 0.833. The van der Waals surface area contributed by atoms with E-state index in [1.165, 1.54) is 0 Å². The highest BCUT2D eigenvalue weighted by Crippen LogP contribution is 2.48. The Kier molecular flexibility index (Phi) is 1.07. The number of rotatable bonds is 1. The molecule has 2 heterocycles. The molecule has 0 spiro atoms. The van der Waals surface area contributed by atoms with Crippen LogP contribution in [0.2, 0.25) is 0 Å². The first-order valence-corrected chi connectivity index (χ1v) is 4.66. The molecule has 0 unspecified atom stereocenters. The molecule has 50 valence electrons. The van der Waals surface area contributed by atoms with Gasteiger partial charge in [-0.3, -0.25) is 4.79 Å². The van der Waals surface area contributed by atoms with Crippen LogP contribution >= 0.6 is 22.6 Å². The van der Waals surface area contributed by atoms with Gasteiger partial charge in [0.2, 0.25) is 5.91 Å². The van der Waals surface area contributed by atoms with E-state index in [1.807, 2.05) is 0 Å². The molecule has 0 aromatic rings. The molecule has 3 fully saturated rings. The molecule has 2 nitrogen and oxygen atoms in total. The molecule has 1 saturated carbocycles. The van der Waals surface area contributed by atoms with E-state index in [-0.39, 0.29) is 5.41 Å². The first-order valence-electron chi connectivity index (χ1n) is 3.14. The molecule has 1 amide bonds. The largest absolute Gasteiger partial charge is 0.353 e. The highest BCUT2D eigenvalue weighted by atomic mass is 127. The predicted octanol–water partition coefficient (Wildman–Crippen LogP) is 0.700. The van der Waals surface area contributed by atoms with E-state index in [1.54, 1.807) is 0 Å². The van der Waals surface area contributed by atoms with Gasteiger partial charge in [0.1, 0.15) is 0 Å². The number of hydrogen-bond acceptors (Lipinski definition) is 1. The Balaban J connectivity index is 2.24. The molecule has 9 heavy (non-hydrogen) atoms. The van der Waals surface area contributed by atoms with Crippen molar-refractivity contribution >= 4 is 28.5 Å². The van der Waals surface area contributed by atoms with Crippen LogP contribution < -0.4 is 5.32 Å². The highest BCUT2D eigenvalue weighted by molar-refractivity contribution is 14.1. The standard InChI is InChI=1S/C6H8INO/c7-3-6-1-4(2-6)8-5(6)9/h4H,1-3H2,(H,8,9). The molecule has 0 aromatic heterocycles. The number of carbonyl (C=O) groups excluding carboxylic acids is 1. The molecule has 3 aliphatic rings. The zero-order valence-electron chi connectivity index (χ0n) is 4.98. The van der Waals surface area contributed by atoms with Crippen molar-refractivity contribution in [2.75, 3.05) is 4.43 Å². The summed E-state index contributed by atoms with van der Waals surface area (Å²) in [4.78, 5) is 11.1. The van der Waals surface area contributed by atoms with Gasteiger partial charge in [-0.2, -0.15) is 0 Å². The number of fused-ring (bicyclic) bond motifs is 1. The number of alkyl halides is 1. The number of amides is 1. The Hall–Kier alpha value is 0.200. The normalized spacial score (nSPS) is 46.3. The zero-order chi connectivity index (χ0) is 6.48. The number of hydrogen-bond donors (Lipinski definition) is 1. The summed E-state index contributed by atoms with van der Waals surface area (Å²) in [7, 11) is 0. The highest BCUT2D eigenvalue weighted by Gasteiger charge is 2.56. The lowest BCUT2D eigenvalue weighted by atomic mass is 9.72. The van der Waals surface area contributed by atoms with Crippen LogP contribution in [0, 0.1) is 5.41 Å². The average molecular weight is 237 g/mol. The molecular weight excluding hydrogens is 229 g/mol. The molecule has 0 atom stereocenters. The van der Waals surface area contributed by atoms with Crippen LogP contribution in [0.15, 0.2) is 0 Å². The second-order valence-corrected chi connectivity index (χ2v) is 3.76. The van der Waals surface area contributed by atoms with Crippen LogP contribution in [-0.4, -0.2) is 16.4 Å². The van der Waals surface area contributed by atoms with Crippen molar-refractivity contribution in [3.8, 4) is 0 Å². The summed E-state index contributed by atoms with van der Waals surface area (Å²) in [6.45, 7) is 0. The molecular formula is C6H8INO. The lowest BCUT2D eigenvalue weighted by molar-refractivity contribution is -0.125. The van der Waals surface area contributed by atoms with E-state index in [0.29, 0.717) is 11.9 Å². The third kappa shape index (κ3) is 0.586. The Morgan fingerprint density at radius 1 is 1.78 bits per heavy atom. The Labute approximate surface area is 67.5 Å². The van der Waals surface area contributed by atoms with Crippen molar-refractivity contribution < 1.29 is 4.79 Å². The average Bonchev–Trinajstić information content (AvgIpc) is 2.17. The maximum atomic E-state index is 11.1. The smallest absolute Gasteiger partial charge is 0.227 e.